The number of hydrogen-bond donors (Lipinski definition) is 1. The summed E-state index contributed by atoms with van der Waals surface area (Å²) in [6, 6.07) is 0.531. The zero-order valence-corrected chi connectivity index (χ0v) is 10.9. The predicted molar refractivity (Wildman–Crippen MR) is 68.0 cm³/mol. The van der Waals surface area contributed by atoms with Gasteiger partial charge in [-0.3, -0.25) is 0 Å². The highest BCUT2D eigenvalue weighted by Crippen LogP contribution is 2.70. The van der Waals surface area contributed by atoms with Gasteiger partial charge in [0.1, 0.15) is 0 Å². The molecule has 2 N–H and O–H groups in total. The predicted octanol–water partition coefficient (Wildman–Crippen LogP) is 3.43. The van der Waals surface area contributed by atoms with E-state index in [1.165, 1.54) is 32.1 Å². The minimum absolute atomic E-state index is 0.531. The van der Waals surface area contributed by atoms with E-state index < -0.39 is 0 Å². The third-order valence-electron chi connectivity index (χ3n) is 6.05. The maximum Gasteiger partial charge on any atom is 0.00755 e. The lowest BCUT2D eigenvalue weighted by atomic mass is 9.89. The Kier molecular flexibility index (Phi) is 2.78. The van der Waals surface area contributed by atoms with E-state index in [1.807, 2.05) is 0 Å². The van der Waals surface area contributed by atoms with Gasteiger partial charge >= 0.3 is 0 Å². The van der Waals surface area contributed by atoms with E-state index >= 15 is 0 Å². The Morgan fingerprint density at radius 1 is 1.06 bits per heavy atom. The third kappa shape index (κ3) is 1.54. The monoisotopic (exact) mass is 221 g/mol. The summed E-state index contributed by atoms with van der Waals surface area (Å²) in [5.41, 5.74) is 6.47. The maximum atomic E-state index is 6.47. The first-order valence-corrected chi connectivity index (χ1v) is 7.51. The van der Waals surface area contributed by atoms with Crippen LogP contribution >= 0.6 is 0 Å². The van der Waals surface area contributed by atoms with E-state index in [2.05, 4.69) is 13.8 Å². The van der Waals surface area contributed by atoms with Crippen LogP contribution in [0.4, 0.5) is 0 Å². The Balaban J connectivity index is 1.56. The molecule has 0 radical (unpaired) electrons. The van der Waals surface area contributed by atoms with Gasteiger partial charge in [0.05, 0.1) is 0 Å². The molecule has 1 heteroatoms. The van der Waals surface area contributed by atoms with Crippen LogP contribution in [0.25, 0.3) is 0 Å². The Bertz CT molecular complexity index is 242. The van der Waals surface area contributed by atoms with E-state index in [9.17, 15) is 0 Å². The van der Waals surface area contributed by atoms with Crippen molar-refractivity contribution in [3.05, 3.63) is 0 Å². The summed E-state index contributed by atoms with van der Waals surface area (Å²) in [5, 5.41) is 0. The van der Waals surface area contributed by atoms with Crippen molar-refractivity contribution in [1.29, 1.82) is 0 Å². The number of rotatable bonds is 5. The van der Waals surface area contributed by atoms with Crippen molar-refractivity contribution in [3.63, 3.8) is 0 Å². The fourth-order valence-electron chi connectivity index (χ4n) is 5.13. The van der Waals surface area contributed by atoms with Crippen molar-refractivity contribution in [2.75, 3.05) is 0 Å². The van der Waals surface area contributed by atoms with E-state index in [1.54, 1.807) is 6.42 Å². The van der Waals surface area contributed by atoms with E-state index in [-0.39, 0.29) is 0 Å². The minimum atomic E-state index is 0.531. The molecule has 2 bridgehead atoms. The van der Waals surface area contributed by atoms with Crippen LogP contribution in [-0.4, -0.2) is 6.04 Å². The van der Waals surface area contributed by atoms with Crippen LogP contribution < -0.4 is 5.73 Å². The van der Waals surface area contributed by atoms with Gasteiger partial charge in [0.25, 0.3) is 0 Å². The fourth-order valence-corrected chi connectivity index (χ4v) is 5.13. The quantitative estimate of drug-likeness (QED) is 0.756. The third-order valence-corrected chi connectivity index (χ3v) is 6.05. The molecule has 16 heavy (non-hydrogen) atoms. The Morgan fingerprint density at radius 3 is 2.12 bits per heavy atom. The van der Waals surface area contributed by atoms with Crippen molar-refractivity contribution >= 4 is 0 Å². The van der Waals surface area contributed by atoms with Crippen LogP contribution in [0.5, 0.6) is 0 Å². The molecule has 92 valence electrons. The summed E-state index contributed by atoms with van der Waals surface area (Å²) in [7, 11) is 0. The number of hydrogen-bond acceptors (Lipinski definition) is 1. The highest BCUT2D eigenvalue weighted by Gasteiger charge is 2.65. The molecule has 3 rings (SSSR count). The van der Waals surface area contributed by atoms with Crippen LogP contribution in [0.2, 0.25) is 0 Å². The molecule has 0 saturated heterocycles. The molecule has 3 aliphatic carbocycles. The molecule has 0 aromatic heterocycles. The van der Waals surface area contributed by atoms with Gasteiger partial charge in [0.15, 0.2) is 0 Å². The summed E-state index contributed by atoms with van der Waals surface area (Å²) >= 11 is 0. The van der Waals surface area contributed by atoms with Gasteiger partial charge in [-0.2, -0.15) is 0 Å². The van der Waals surface area contributed by atoms with Crippen LogP contribution in [0.15, 0.2) is 0 Å². The molecule has 0 aromatic rings. The first kappa shape index (κ1) is 11.1. The lowest BCUT2D eigenvalue weighted by Crippen LogP contribution is -2.28. The van der Waals surface area contributed by atoms with Crippen molar-refractivity contribution in [2.24, 2.45) is 41.2 Å². The summed E-state index contributed by atoms with van der Waals surface area (Å²) in [6.45, 7) is 4.64. The zero-order chi connectivity index (χ0) is 11.3. The van der Waals surface area contributed by atoms with Gasteiger partial charge in [0.2, 0.25) is 0 Å². The first-order valence-electron chi connectivity index (χ1n) is 7.51. The van der Waals surface area contributed by atoms with Crippen molar-refractivity contribution in [3.8, 4) is 0 Å². The van der Waals surface area contributed by atoms with Gasteiger partial charge in [-0.25, -0.2) is 0 Å². The van der Waals surface area contributed by atoms with Gasteiger partial charge in [-0.05, 0) is 61.2 Å². The summed E-state index contributed by atoms with van der Waals surface area (Å²) in [4.78, 5) is 0. The second-order valence-electron chi connectivity index (χ2n) is 6.65. The second kappa shape index (κ2) is 4.01. The molecule has 5 unspecified atom stereocenters. The molecular formula is C15H27N. The molecule has 0 aliphatic heterocycles. The lowest BCUT2D eigenvalue weighted by molar-refractivity contribution is 0.339. The average Bonchev–Trinajstić information content (AvgIpc) is 2.75. The molecular weight excluding hydrogens is 194 g/mol. The lowest BCUT2D eigenvalue weighted by Gasteiger charge is -2.20. The molecule has 0 amide bonds. The van der Waals surface area contributed by atoms with Crippen LogP contribution in [-0.2, 0) is 0 Å². The summed E-state index contributed by atoms with van der Waals surface area (Å²) < 4.78 is 0. The summed E-state index contributed by atoms with van der Waals surface area (Å²) in [5.74, 6) is 6.15. The average molecular weight is 221 g/mol. The van der Waals surface area contributed by atoms with Gasteiger partial charge in [0, 0.05) is 6.04 Å². The fraction of sp³-hybridized carbons (Fsp3) is 1.00. The van der Waals surface area contributed by atoms with Crippen molar-refractivity contribution in [1.82, 2.24) is 0 Å². The van der Waals surface area contributed by atoms with Gasteiger partial charge in [-0.1, -0.05) is 26.7 Å². The standard InChI is InChI=1S/C15H27N/c1-3-9(4-2)7-12(16)15-13-10-5-6-11(8-10)14(13)15/h9-15H,3-8,16H2,1-2H3. The molecule has 5 atom stereocenters. The molecule has 0 aromatic carbocycles. The molecule has 1 nitrogen and oxygen atoms in total. The van der Waals surface area contributed by atoms with Crippen LogP contribution in [0, 0.1) is 35.5 Å². The zero-order valence-electron chi connectivity index (χ0n) is 10.9. The van der Waals surface area contributed by atoms with Crippen LogP contribution in [0.3, 0.4) is 0 Å². The highest BCUT2D eigenvalue weighted by molar-refractivity contribution is 5.15. The Hall–Kier alpha value is -0.0400. The number of fused-ring (bicyclic) bond motifs is 5. The molecule has 0 spiro atoms. The summed E-state index contributed by atoms with van der Waals surface area (Å²) in [6.07, 6.45) is 8.55. The molecule has 0 heterocycles. The first-order chi connectivity index (χ1) is 7.76. The maximum absolute atomic E-state index is 6.47. The minimum Gasteiger partial charge on any atom is -0.327 e. The van der Waals surface area contributed by atoms with E-state index in [4.69, 9.17) is 5.73 Å². The Labute approximate surface area is 100 Å². The topological polar surface area (TPSA) is 26.0 Å². The van der Waals surface area contributed by atoms with Crippen molar-refractivity contribution < 1.29 is 0 Å². The number of nitrogens with two attached hydrogens (primary N) is 1. The normalized spacial score (nSPS) is 46.1. The molecule has 3 aliphatic rings. The van der Waals surface area contributed by atoms with Crippen molar-refractivity contribution in [2.45, 2.75) is 58.4 Å². The van der Waals surface area contributed by atoms with E-state index in [0.29, 0.717) is 6.04 Å². The van der Waals surface area contributed by atoms with Gasteiger partial charge < -0.3 is 5.73 Å². The second-order valence-corrected chi connectivity index (χ2v) is 6.65. The smallest absolute Gasteiger partial charge is 0.00755 e. The van der Waals surface area contributed by atoms with Crippen LogP contribution in [0.1, 0.15) is 52.4 Å². The van der Waals surface area contributed by atoms with E-state index in [0.717, 1.165) is 35.5 Å². The SMILES string of the molecule is CCC(CC)CC(N)C1C2C3CCC(C3)C12. The Morgan fingerprint density at radius 2 is 1.62 bits per heavy atom. The molecule has 3 saturated carbocycles. The molecule has 3 fully saturated rings. The highest BCUT2D eigenvalue weighted by atomic mass is 14.8. The van der Waals surface area contributed by atoms with Gasteiger partial charge in [-0.15, -0.1) is 0 Å². The largest absolute Gasteiger partial charge is 0.327 e.